The minimum Gasteiger partial charge on any atom is -0.465 e. The lowest BCUT2D eigenvalue weighted by Crippen LogP contribution is -2.33. The summed E-state index contributed by atoms with van der Waals surface area (Å²) in [6.45, 7) is 5.02. The van der Waals surface area contributed by atoms with Gasteiger partial charge in [-0.05, 0) is 25.1 Å². The summed E-state index contributed by atoms with van der Waals surface area (Å²) in [4.78, 5) is 13.7. The summed E-state index contributed by atoms with van der Waals surface area (Å²) < 4.78 is 4.70. The van der Waals surface area contributed by atoms with E-state index in [1.165, 1.54) is 7.11 Å². The molecule has 0 aromatic heterocycles. The first-order valence-corrected chi connectivity index (χ1v) is 5.47. The molecule has 1 aliphatic rings. The Bertz CT molecular complexity index is 404. The van der Waals surface area contributed by atoms with E-state index in [-0.39, 0.29) is 5.97 Å². The lowest BCUT2D eigenvalue weighted by atomic mass is 10.1. The first-order chi connectivity index (χ1) is 7.76. The van der Waals surface area contributed by atoms with Gasteiger partial charge in [-0.2, -0.15) is 0 Å². The number of hydrogen-bond acceptors (Lipinski definition) is 4. The van der Waals surface area contributed by atoms with Crippen LogP contribution in [0.25, 0.3) is 0 Å². The third-order valence-corrected chi connectivity index (χ3v) is 2.84. The molecule has 86 valence electrons. The van der Waals surface area contributed by atoms with Gasteiger partial charge in [-0.1, -0.05) is 0 Å². The predicted octanol–water partition coefficient (Wildman–Crippen LogP) is 1.72. The number of nitrogens with one attached hydrogen (secondary N) is 1. The van der Waals surface area contributed by atoms with Crippen LogP contribution in [-0.2, 0) is 4.74 Å². The van der Waals surface area contributed by atoms with Crippen LogP contribution in [0.1, 0.15) is 17.3 Å². The van der Waals surface area contributed by atoms with E-state index in [2.05, 4.69) is 17.1 Å². The Morgan fingerprint density at radius 1 is 1.56 bits per heavy atom. The molecule has 4 nitrogen and oxygen atoms in total. The molecule has 0 radical (unpaired) electrons. The second-order valence-corrected chi connectivity index (χ2v) is 3.73. The molecule has 0 saturated heterocycles. The normalized spacial score (nSPS) is 14.0. The van der Waals surface area contributed by atoms with Crippen LogP contribution in [-0.4, -0.2) is 32.7 Å². The zero-order valence-electron chi connectivity index (χ0n) is 9.62. The van der Waals surface area contributed by atoms with E-state index in [1.54, 1.807) is 6.07 Å². The number of methoxy groups -OCH3 is 1. The molecule has 1 aliphatic heterocycles. The molecule has 0 unspecified atom stereocenters. The summed E-state index contributed by atoms with van der Waals surface area (Å²) in [7, 11) is 1.40. The molecule has 0 spiro atoms. The number of carbonyl (C=O) groups excluding carboxylic acids is 1. The molecule has 0 atom stereocenters. The number of benzene rings is 1. The quantitative estimate of drug-likeness (QED) is 0.771. The van der Waals surface area contributed by atoms with Crippen molar-refractivity contribution in [3.63, 3.8) is 0 Å². The van der Waals surface area contributed by atoms with Crippen LogP contribution in [0.15, 0.2) is 18.2 Å². The molecule has 2 rings (SSSR count). The third-order valence-electron chi connectivity index (χ3n) is 2.84. The third kappa shape index (κ3) is 1.83. The van der Waals surface area contributed by atoms with Crippen molar-refractivity contribution < 1.29 is 9.53 Å². The Kier molecular flexibility index (Phi) is 2.99. The van der Waals surface area contributed by atoms with Crippen LogP contribution in [0.3, 0.4) is 0 Å². The lowest BCUT2D eigenvalue weighted by Gasteiger charge is -2.31. The maximum Gasteiger partial charge on any atom is 0.337 e. The second kappa shape index (κ2) is 4.43. The average Bonchev–Trinajstić information content (AvgIpc) is 2.36. The minimum atomic E-state index is -0.293. The van der Waals surface area contributed by atoms with Crippen molar-refractivity contribution in [3.8, 4) is 0 Å². The van der Waals surface area contributed by atoms with Crippen molar-refractivity contribution in [2.45, 2.75) is 6.92 Å². The number of esters is 1. The SMILES string of the molecule is CCN1CCNc2cc(C(=O)OC)ccc21. The Hall–Kier alpha value is -1.71. The number of carbonyl (C=O) groups is 1. The second-order valence-electron chi connectivity index (χ2n) is 3.73. The van der Waals surface area contributed by atoms with Crippen molar-refractivity contribution in [1.82, 2.24) is 0 Å². The molecule has 1 N–H and O–H groups in total. The van der Waals surface area contributed by atoms with Crippen LogP contribution >= 0.6 is 0 Å². The first kappa shape index (κ1) is 10.8. The molecule has 0 amide bonds. The average molecular weight is 220 g/mol. The molecule has 1 aromatic carbocycles. The maximum absolute atomic E-state index is 11.4. The smallest absolute Gasteiger partial charge is 0.337 e. The van der Waals surface area contributed by atoms with Gasteiger partial charge in [0, 0.05) is 19.6 Å². The highest BCUT2D eigenvalue weighted by Gasteiger charge is 2.16. The van der Waals surface area contributed by atoms with Gasteiger partial charge in [-0.3, -0.25) is 0 Å². The topological polar surface area (TPSA) is 41.6 Å². The van der Waals surface area contributed by atoms with Crippen molar-refractivity contribution in [2.75, 3.05) is 37.0 Å². The van der Waals surface area contributed by atoms with E-state index in [4.69, 9.17) is 4.74 Å². The Labute approximate surface area is 95.2 Å². The number of ether oxygens (including phenoxy) is 1. The summed E-state index contributed by atoms with van der Waals surface area (Å²) in [6.07, 6.45) is 0. The predicted molar refractivity (Wildman–Crippen MR) is 64.2 cm³/mol. The zero-order valence-corrected chi connectivity index (χ0v) is 9.62. The number of fused-ring (bicyclic) bond motifs is 1. The molecule has 1 aromatic rings. The van der Waals surface area contributed by atoms with E-state index >= 15 is 0 Å². The first-order valence-electron chi connectivity index (χ1n) is 5.47. The highest BCUT2D eigenvalue weighted by molar-refractivity contribution is 5.92. The van der Waals surface area contributed by atoms with Gasteiger partial charge in [-0.15, -0.1) is 0 Å². The molecular formula is C12H16N2O2. The molecule has 4 heteroatoms. The van der Waals surface area contributed by atoms with Gasteiger partial charge in [0.2, 0.25) is 0 Å². The maximum atomic E-state index is 11.4. The number of rotatable bonds is 2. The molecule has 0 fully saturated rings. The fraction of sp³-hybridized carbons (Fsp3) is 0.417. The van der Waals surface area contributed by atoms with Gasteiger partial charge in [-0.25, -0.2) is 4.79 Å². The standard InChI is InChI=1S/C12H16N2O2/c1-3-14-7-6-13-10-8-9(12(15)16-2)4-5-11(10)14/h4-5,8,13H,3,6-7H2,1-2H3. The van der Waals surface area contributed by atoms with Gasteiger partial charge in [0.25, 0.3) is 0 Å². The van der Waals surface area contributed by atoms with Crippen molar-refractivity contribution >= 4 is 17.3 Å². The van der Waals surface area contributed by atoms with E-state index in [0.29, 0.717) is 5.56 Å². The highest BCUT2D eigenvalue weighted by atomic mass is 16.5. The Morgan fingerprint density at radius 3 is 3.06 bits per heavy atom. The lowest BCUT2D eigenvalue weighted by molar-refractivity contribution is 0.0601. The highest BCUT2D eigenvalue weighted by Crippen LogP contribution is 2.29. The monoisotopic (exact) mass is 220 g/mol. The van der Waals surface area contributed by atoms with Crippen molar-refractivity contribution in [2.24, 2.45) is 0 Å². The van der Waals surface area contributed by atoms with E-state index < -0.39 is 0 Å². The van der Waals surface area contributed by atoms with Gasteiger partial charge < -0.3 is 15.0 Å². The van der Waals surface area contributed by atoms with Crippen molar-refractivity contribution in [3.05, 3.63) is 23.8 Å². The molecule has 0 aliphatic carbocycles. The van der Waals surface area contributed by atoms with Crippen LogP contribution in [0.5, 0.6) is 0 Å². The summed E-state index contributed by atoms with van der Waals surface area (Å²) >= 11 is 0. The molecule has 0 saturated carbocycles. The van der Waals surface area contributed by atoms with Crippen LogP contribution < -0.4 is 10.2 Å². The fourth-order valence-corrected chi connectivity index (χ4v) is 1.97. The largest absolute Gasteiger partial charge is 0.465 e. The molecular weight excluding hydrogens is 204 g/mol. The van der Waals surface area contributed by atoms with Crippen LogP contribution in [0.2, 0.25) is 0 Å². The number of likely N-dealkylation sites (N-methyl/N-ethyl adjacent to an activating group) is 1. The fourth-order valence-electron chi connectivity index (χ4n) is 1.97. The molecule has 0 bridgehead atoms. The minimum absolute atomic E-state index is 0.293. The van der Waals surface area contributed by atoms with Gasteiger partial charge in [0.05, 0.1) is 24.0 Å². The number of nitrogens with zero attached hydrogens (tertiary/aromatic N) is 1. The van der Waals surface area contributed by atoms with E-state index in [0.717, 1.165) is 31.0 Å². The Balaban J connectivity index is 2.35. The van der Waals surface area contributed by atoms with E-state index in [9.17, 15) is 4.79 Å². The number of anilines is 2. The van der Waals surface area contributed by atoms with Gasteiger partial charge >= 0.3 is 5.97 Å². The summed E-state index contributed by atoms with van der Waals surface area (Å²) in [5, 5.41) is 3.30. The van der Waals surface area contributed by atoms with Crippen LogP contribution in [0.4, 0.5) is 11.4 Å². The van der Waals surface area contributed by atoms with Crippen LogP contribution in [0, 0.1) is 0 Å². The molecule has 1 heterocycles. The van der Waals surface area contributed by atoms with E-state index in [1.807, 2.05) is 12.1 Å². The summed E-state index contributed by atoms with van der Waals surface area (Å²) in [5.74, 6) is -0.293. The van der Waals surface area contributed by atoms with Gasteiger partial charge in [0.15, 0.2) is 0 Å². The summed E-state index contributed by atoms with van der Waals surface area (Å²) in [5.41, 5.74) is 2.75. The number of hydrogen-bond donors (Lipinski definition) is 1. The summed E-state index contributed by atoms with van der Waals surface area (Å²) in [6, 6.07) is 5.63. The Morgan fingerprint density at radius 2 is 2.38 bits per heavy atom. The molecule has 16 heavy (non-hydrogen) atoms. The van der Waals surface area contributed by atoms with Gasteiger partial charge in [0.1, 0.15) is 0 Å². The zero-order chi connectivity index (χ0) is 11.5. The van der Waals surface area contributed by atoms with Crippen molar-refractivity contribution in [1.29, 1.82) is 0 Å².